The van der Waals surface area contributed by atoms with E-state index in [4.69, 9.17) is 4.98 Å². The average Bonchev–Trinajstić information content (AvgIpc) is 3.52. The molecule has 1 aliphatic rings. The maximum absolute atomic E-state index is 12.7. The van der Waals surface area contributed by atoms with E-state index in [-0.39, 0.29) is 5.91 Å². The van der Waals surface area contributed by atoms with Crippen LogP contribution in [0.25, 0.3) is 44.4 Å². The molecule has 0 atom stereocenters. The van der Waals surface area contributed by atoms with E-state index in [1.807, 2.05) is 60.0 Å². The predicted molar refractivity (Wildman–Crippen MR) is 126 cm³/mol. The number of hydrogen-bond donors (Lipinski definition) is 2. The molecule has 0 fully saturated rings. The van der Waals surface area contributed by atoms with Crippen LogP contribution >= 0.6 is 11.3 Å². The van der Waals surface area contributed by atoms with Gasteiger partial charge in [0.2, 0.25) is 0 Å². The molecule has 4 heterocycles. The van der Waals surface area contributed by atoms with E-state index >= 15 is 0 Å². The molecule has 0 unspecified atom stereocenters. The van der Waals surface area contributed by atoms with Crippen LogP contribution in [0.3, 0.4) is 0 Å². The first-order valence-corrected chi connectivity index (χ1v) is 10.7. The topological polar surface area (TPSA) is 70.7 Å². The molecule has 0 spiro atoms. The van der Waals surface area contributed by atoms with Crippen LogP contribution in [-0.4, -0.2) is 20.9 Å². The van der Waals surface area contributed by atoms with Crippen LogP contribution in [0.4, 0.5) is 5.69 Å². The van der Waals surface area contributed by atoms with Crippen LogP contribution in [-0.2, 0) is 4.79 Å². The molecule has 2 aromatic carbocycles. The number of para-hydroxylation sites is 1. The van der Waals surface area contributed by atoms with E-state index in [9.17, 15) is 4.79 Å². The lowest BCUT2D eigenvalue weighted by Crippen LogP contribution is -2.03. The maximum atomic E-state index is 12.7. The number of benzene rings is 2. The van der Waals surface area contributed by atoms with Gasteiger partial charge >= 0.3 is 0 Å². The van der Waals surface area contributed by atoms with Gasteiger partial charge in [0.05, 0.1) is 11.3 Å². The molecule has 0 saturated heterocycles. The second-order valence-corrected chi connectivity index (χ2v) is 8.22. The Labute approximate surface area is 182 Å². The number of pyridine rings is 1. The van der Waals surface area contributed by atoms with Crippen molar-refractivity contribution in [3.8, 4) is 21.8 Å². The van der Waals surface area contributed by atoms with Crippen LogP contribution in [0.15, 0.2) is 78.4 Å². The van der Waals surface area contributed by atoms with Gasteiger partial charge in [0.1, 0.15) is 5.01 Å². The fourth-order valence-electron chi connectivity index (χ4n) is 3.85. The van der Waals surface area contributed by atoms with Gasteiger partial charge in [-0.3, -0.25) is 9.78 Å². The van der Waals surface area contributed by atoms with Crippen molar-refractivity contribution in [3.05, 3.63) is 89.7 Å². The van der Waals surface area contributed by atoms with Gasteiger partial charge in [-0.2, -0.15) is 0 Å². The van der Waals surface area contributed by atoms with Crippen molar-refractivity contribution in [2.24, 2.45) is 0 Å². The zero-order valence-electron chi connectivity index (χ0n) is 16.3. The van der Waals surface area contributed by atoms with E-state index in [0.717, 1.165) is 49.7 Å². The molecule has 31 heavy (non-hydrogen) atoms. The monoisotopic (exact) mass is 420 g/mol. The average molecular weight is 420 g/mol. The zero-order valence-corrected chi connectivity index (χ0v) is 17.1. The number of anilines is 1. The highest BCUT2D eigenvalue weighted by Gasteiger charge is 2.25. The number of carbonyl (C=O) groups is 1. The molecule has 2 N–H and O–H groups in total. The quantitative estimate of drug-likeness (QED) is 0.360. The minimum Gasteiger partial charge on any atom is -0.355 e. The fraction of sp³-hybridized carbons (Fsp3) is 0. The number of carbonyl (C=O) groups excluding carboxylic acids is 1. The molecule has 6 heteroatoms. The largest absolute Gasteiger partial charge is 0.355 e. The minimum atomic E-state index is -0.0958. The number of thiazole rings is 1. The molecule has 0 aliphatic carbocycles. The van der Waals surface area contributed by atoms with Crippen LogP contribution in [0, 0.1) is 0 Å². The minimum absolute atomic E-state index is 0.0958. The Balaban J connectivity index is 1.40. The van der Waals surface area contributed by atoms with E-state index in [0.29, 0.717) is 5.57 Å². The molecule has 5 aromatic rings. The van der Waals surface area contributed by atoms with Gasteiger partial charge in [0.15, 0.2) is 0 Å². The van der Waals surface area contributed by atoms with Crippen molar-refractivity contribution in [1.29, 1.82) is 0 Å². The Kier molecular flexibility index (Phi) is 4.04. The smallest absolute Gasteiger partial charge is 0.256 e. The molecule has 0 radical (unpaired) electrons. The van der Waals surface area contributed by atoms with Gasteiger partial charge in [0, 0.05) is 51.4 Å². The van der Waals surface area contributed by atoms with E-state index in [1.54, 1.807) is 23.7 Å². The molecular formula is C25H16N4OS. The van der Waals surface area contributed by atoms with Crippen LogP contribution in [0.5, 0.6) is 0 Å². The molecule has 6 rings (SSSR count). The number of fused-ring (bicyclic) bond motifs is 2. The molecular weight excluding hydrogens is 404 g/mol. The fourth-order valence-corrected chi connectivity index (χ4v) is 4.69. The molecule has 148 valence electrons. The van der Waals surface area contributed by atoms with Crippen molar-refractivity contribution in [2.45, 2.75) is 0 Å². The lowest BCUT2D eigenvalue weighted by atomic mass is 10.0. The zero-order chi connectivity index (χ0) is 20.8. The predicted octanol–water partition coefficient (Wildman–Crippen LogP) is 5.85. The summed E-state index contributed by atoms with van der Waals surface area (Å²) in [5, 5.41) is 7.07. The normalized spacial score (nSPS) is 14.2. The summed E-state index contributed by atoms with van der Waals surface area (Å²) < 4.78 is 0. The number of rotatable bonds is 3. The molecule has 1 amide bonds. The Hall–Kier alpha value is -4.03. The van der Waals surface area contributed by atoms with Crippen molar-refractivity contribution < 1.29 is 4.79 Å². The lowest BCUT2D eigenvalue weighted by molar-refractivity contribution is -0.110. The second-order valence-electron chi connectivity index (χ2n) is 7.36. The van der Waals surface area contributed by atoms with Gasteiger partial charge < -0.3 is 10.3 Å². The highest BCUT2D eigenvalue weighted by Crippen LogP contribution is 2.37. The number of nitrogens with zero attached hydrogens (tertiary/aromatic N) is 2. The Morgan fingerprint density at radius 3 is 2.68 bits per heavy atom. The Morgan fingerprint density at radius 2 is 1.81 bits per heavy atom. The summed E-state index contributed by atoms with van der Waals surface area (Å²) in [4.78, 5) is 24.9. The van der Waals surface area contributed by atoms with E-state index in [2.05, 4.69) is 27.4 Å². The maximum Gasteiger partial charge on any atom is 0.256 e. The highest BCUT2D eigenvalue weighted by molar-refractivity contribution is 7.13. The molecule has 5 nitrogen and oxygen atoms in total. The van der Waals surface area contributed by atoms with Crippen LogP contribution in [0.2, 0.25) is 0 Å². The third-order valence-corrected chi connectivity index (χ3v) is 6.27. The number of nitrogens with one attached hydrogen (secondary N) is 2. The first-order valence-electron chi connectivity index (χ1n) is 9.86. The third-order valence-electron chi connectivity index (χ3n) is 5.38. The summed E-state index contributed by atoms with van der Waals surface area (Å²) in [6, 6.07) is 20.0. The van der Waals surface area contributed by atoms with Crippen molar-refractivity contribution >= 4 is 45.5 Å². The summed E-state index contributed by atoms with van der Waals surface area (Å²) in [6.07, 6.45) is 5.45. The SMILES string of the molecule is O=C1Nc2ccc(-c3csc(-c4ccncc4)n3)cc2/C1=C/c1cc2ccccc2[nH]1. The number of hydrogen-bond acceptors (Lipinski definition) is 4. The lowest BCUT2D eigenvalue weighted by Gasteiger charge is -2.02. The standard InChI is InChI=1S/C25H16N4OS/c30-24-20(13-18-11-16-3-1-2-4-21(16)27-18)19-12-17(5-6-22(19)28-24)23-14-31-25(29-23)15-7-9-26-10-8-15/h1-14,27H,(H,28,30)/b20-13-. The van der Waals surface area contributed by atoms with Gasteiger partial charge in [0.25, 0.3) is 5.91 Å². The second kappa shape index (κ2) is 7.04. The number of aromatic nitrogens is 3. The van der Waals surface area contributed by atoms with E-state index < -0.39 is 0 Å². The van der Waals surface area contributed by atoms with Crippen molar-refractivity contribution in [2.75, 3.05) is 5.32 Å². The summed E-state index contributed by atoms with van der Waals surface area (Å²) >= 11 is 1.60. The summed E-state index contributed by atoms with van der Waals surface area (Å²) in [7, 11) is 0. The number of H-pyrrole nitrogens is 1. The molecule has 0 bridgehead atoms. The summed E-state index contributed by atoms with van der Waals surface area (Å²) in [5.41, 5.74) is 7.22. The highest BCUT2D eigenvalue weighted by atomic mass is 32.1. The summed E-state index contributed by atoms with van der Waals surface area (Å²) in [6.45, 7) is 0. The van der Waals surface area contributed by atoms with Crippen LogP contribution in [0.1, 0.15) is 11.3 Å². The van der Waals surface area contributed by atoms with Gasteiger partial charge in [-0.25, -0.2) is 4.98 Å². The molecule has 3 aromatic heterocycles. The first-order chi connectivity index (χ1) is 15.2. The van der Waals surface area contributed by atoms with Gasteiger partial charge in [-0.05, 0) is 47.9 Å². The Bertz CT molecular complexity index is 1450. The third kappa shape index (κ3) is 3.14. The first kappa shape index (κ1) is 17.8. The van der Waals surface area contributed by atoms with Crippen molar-refractivity contribution in [3.63, 3.8) is 0 Å². The number of amides is 1. The van der Waals surface area contributed by atoms with Crippen LogP contribution < -0.4 is 5.32 Å². The molecule has 1 aliphatic heterocycles. The van der Waals surface area contributed by atoms with Gasteiger partial charge in [-0.1, -0.05) is 24.3 Å². The number of aromatic amines is 1. The van der Waals surface area contributed by atoms with E-state index in [1.165, 1.54) is 0 Å². The Morgan fingerprint density at radius 1 is 0.935 bits per heavy atom. The summed E-state index contributed by atoms with van der Waals surface area (Å²) in [5.74, 6) is -0.0958. The van der Waals surface area contributed by atoms with Gasteiger partial charge in [-0.15, -0.1) is 11.3 Å². The molecule has 0 saturated carbocycles. The van der Waals surface area contributed by atoms with Crippen molar-refractivity contribution in [1.82, 2.24) is 15.0 Å².